The van der Waals surface area contributed by atoms with Gasteiger partial charge in [0, 0.05) is 10.6 Å². The Morgan fingerprint density at radius 1 is 1.80 bits per heavy atom. The Morgan fingerprint density at radius 2 is 2.40 bits per heavy atom. The number of nitrogens with two attached hydrogens (primary N) is 1. The Labute approximate surface area is 68.5 Å². The van der Waals surface area contributed by atoms with Crippen molar-refractivity contribution >= 4 is 34.8 Å². The third-order valence-electron chi connectivity index (χ3n) is 1.17. The molecule has 1 aromatic heterocycles. The fraction of sp³-hybridized carbons (Fsp3) is 0.167. The lowest BCUT2D eigenvalue weighted by Crippen LogP contribution is -1.83. The third-order valence-corrected chi connectivity index (χ3v) is 2.62. The lowest BCUT2D eigenvalue weighted by molar-refractivity contribution is 0.109. The standard InChI is InChI=1S/C6H7NOS2/c1-3-4(7)2-5(10-3)6(8)9/h2H,7H2,1H3,(H,8,9). The highest BCUT2D eigenvalue weighted by Gasteiger charge is 2.05. The van der Waals surface area contributed by atoms with Gasteiger partial charge in [0.05, 0.1) is 4.88 Å². The van der Waals surface area contributed by atoms with Crippen molar-refractivity contribution in [3.8, 4) is 0 Å². The number of rotatable bonds is 1. The summed E-state index contributed by atoms with van der Waals surface area (Å²) in [6, 6.07) is 1.65. The lowest BCUT2D eigenvalue weighted by Gasteiger charge is -1.80. The molecule has 2 N–H and O–H groups in total. The fourth-order valence-electron chi connectivity index (χ4n) is 0.602. The van der Waals surface area contributed by atoms with E-state index in [1.807, 2.05) is 6.92 Å². The van der Waals surface area contributed by atoms with Crippen molar-refractivity contribution in [2.75, 3.05) is 5.73 Å². The van der Waals surface area contributed by atoms with Crippen molar-refractivity contribution in [1.82, 2.24) is 0 Å². The van der Waals surface area contributed by atoms with Gasteiger partial charge < -0.3 is 5.73 Å². The van der Waals surface area contributed by atoms with Crippen LogP contribution in [0.4, 0.5) is 5.69 Å². The molecule has 0 amide bonds. The summed E-state index contributed by atoms with van der Waals surface area (Å²) in [5, 5.41) is -0.218. The molecule has 0 aliphatic heterocycles. The highest BCUT2D eigenvalue weighted by Crippen LogP contribution is 2.24. The molecule has 0 aliphatic carbocycles. The molecule has 0 atom stereocenters. The van der Waals surface area contributed by atoms with Gasteiger partial charge in [0.25, 0.3) is 0 Å². The van der Waals surface area contributed by atoms with Gasteiger partial charge in [-0.2, -0.15) is 0 Å². The maximum Gasteiger partial charge on any atom is 0.226 e. The van der Waals surface area contributed by atoms with Gasteiger partial charge in [0.1, 0.15) is 0 Å². The third kappa shape index (κ3) is 1.33. The Morgan fingerprint density at radius 3 is 2.60 bits per heavy atom. The van der Waals surface area contributed by atoms with Crippen molar-refractivity contribution in [2.45, 2.75) is 6.92 Å². The largest absolute Gasteiger partial charge is 0.398 e. The number of carbonyl (C=O) groups is 1. The molecule has 0 aliphatic rings. The first-order chi connectivity index (χ1) is 4.61. The summed E-state index contributed by atoms with van der Waals surface area (Å²) in [6.07, 6.45) is 0. The molecule has 1 heterocycles. The van der Waals surface area contributed by atoms with E-state index in [-0.39, 0.29) is 5.12 Å². The normalized spacial score (nSPS) is 9.80. The maximum atomic E-state index is 10.6. The van der Waals surface area contributed by atoms with E-state index in [2.05, 4.69) is 12.6 Å². The molecule has 0 unspecified atom stereocenters. The van der Waals surface area contributed by atoms with Gasteiger partial charge in [-0.1, -0.05) is 12.6 Å². The van der Waals surface area contributed by atoms with Gasteiger partial charge in [-0.3, -0.25) is 4.79 Å². The molecule has 0 aromatic carbocycles. The van der Waals surface area contributed by atoms with Crippen LogP contribution in [0, 0.1) is 6.92 Å². The van der Waals surface area contributed by atoms with Crippen molar-refractivity contribution in [3.05, 3.63) is 15.8 Å². The summed E-state index contributed by atoms with van der Waals surface area (Å²) in [5.74, 6) is 0. The maximum absolute atomic E-state index is 10.6. The van der Waals surface area contributed by atoms with Crippen LogP contribution in [0.5, 0.6) is 0 Å². The fourth-order valence-corrected chi connectivity index (χ4v) is 1.58. The molecule has 2 nitrogen and oxygen atoms in total. The number of thiol groups is 1. The predicted molar refractivity (Wildman–Crippen MR) is 46.8 cm³/mol. The van der Waals surface area contributed by atoms with Crippen LogP contribution >= 0.6 is 24.0 Å². The number of hydrogen-bond acceptors (Lipinski definition) is 3. The molecule has 1 rings (SSSR count). The van der Waals surface area contributed by atoms with E-state index in [1.54, 1.807) is 6.07 Å². The smallest absolute Gasteiger partial charge is 0.226 e. The summed E-state index contributed by atoms with van der Waals surface area (Å²) in [7, 11) is 0. The summed E-state index contributed by atoms with van der Waals surface area (Å²) in [4.78, 5) is 12.2. The second-order valence-electron chi connectivity index (χ2n) is 1.93. The van der Waals surface area contributed by atoms with Gasteiger partial charge >= 0.3 is 0 Å². The highest BCUT2D eigenvalue weighted by atomic mass is 32.1. The molecular weight excluding hydrogens is 166 g/mol. The summed E-state index contributed by atoms with van der Waals surface area (Å²) in [6.45, 7) is 1.88. The molecule has 0 saturated carbocycles. The van der Waals surface area contributed by atoms with Crippen LogP contribution in [0.3, 0.4) is 0 Å². The molecule has 0 radical (unpaired) electrons. The minimum absolute atomic E-state index is 0.218. The zero-order valence-corrected chi connectivity index (χ0v) is 7.13. The molecule has 0 fully saturated rings. The molecule has 0 spiro atoms. The first-order valence-corrected chi connectivity index (χ1v) is 3.97. The number of hydrogen-bond donors (Lipinski definition) is 2. The summed E-state index contributed by atoms with van der Waals surface area (Å²) >= 11 is 5.04. The highest BCUT2D eigenvalue weighted by molar-refractivity contribution is 7.97. The van der Waals surface area contributed by atoms with Crippen LogP contribution in [0.15, 0.2) is 6.07 Å². The summed E-state index contributed by atoms with van der Waals surface area (Å²) < 4.78 is 0. The summed E-state index contributed by atoms with van der Waals surface area (Å²) in [5.41, 5.74) is 6.17. The lowest BCUT2D eigenvalue weighted by atomic mass is 10.4. The zero-order valence-electron chi connectivity index (χ0n) is 5.42. The minimum atomic E-state index is -0.218. The SMILES string of the molecule is Cc1sc(C(=O)S)cc1N. The minimum Gasteiger partial charge on any atom is -0.398 e. The first kappa shape index (κ1) is 7.63. The van der Waals surface area contributed by atoms with Gasteiger partial charge in [0.2, 0.25) is 5.12 Å². The average molecular weight is 173 g/mol. The average Bonchev–Trinajstić information content (AvgIpc) is 2.13. The van der Waals surface area contributed by atoms with Crippen molar-refractivity contribution in [3.63, 3.8) is 0 Å². The molecule has 1 aromatic rings. The monoisotopic (exact) mass is 173 g/mol. The predicted octanol–water partition coefficient (Wildman–Crippen LogP) is 1.71. The molecular formula is C6H7NOS2. The molecule has 4 heteroatoms. The number of nitrogen functional groups attached to an aromatic ring is 1. The Balaban J connectivity index is 3.10. The van der Waals surface area contributed by atoms with Crippen LogP contribution < -0.4 is 5.73 Å². The van der Waals surface area contributed by atoms with E-state index in [0.717, 1.165) is 4.88 Å². The van der Waals surface area contributed by atoms with Crippen molar-refractivity contribution < 1.29 is 4.79 Å². The Kier molecular flexibility index (Phi) is 2.01. The van der Waals surface area contributed by atoms with Gasteiger partial charge in [-0.15, -0.1) is 11.3 Å². The number of anilines is 1. The first-order valence-electron chi connectivity index (χ1n) is 2.70. The quantitative estimate of drug-likeness (QED) is 0.635. The second kappa shape index (κ2) is 2.64. The van der Waals surface area contributed by atoms with E-state index in [0.29, 0.717) is 10.6 Å². The Hall–Kier alpha value is -0.480. The second-order valence-corrected chi connectivity index (χ2v) is 3.59. The number of aryl methyl sites for hydroxylation is 1. The van der Waals surface area contributed by atoms with Gasteiger partial charge in [-0.25, -0.2) is 0 Å². The zero-order chi connectivity index (χ0) is 7.72. The number of carbonyl (C=O) groups excluding carboxylic acids is 1. The van der Waals surface area contributed by atoms with E-state index < -0.39 is 0 Å². The van der Waals surface area contributed by atoms with E-state index in [9.17, 15) is 4.79 Å². The molecule has 0 bridgehead atoms. The van der Waals surface area contributed by atoms with Crippen LogP contribution in [-0.2, 0) is 0 Å². The van der Waals surface area contributed by atoms with Crippen LogP contribution in [0.2, 0.25) is 0 Å². The van der Waals surface area contributed by atoms with Crippen molar-refractivity contribution in [2.24, 2.45) is 0 Å². The Bertz CT molecular complexity index is 247. The number of thiophene rings is 1. The molecule has 10 heavy (non-hydrogen) atoms. The topological polar surface area (TPSA) is 43.1 Å². The van der Waals surface area contributed by atoms with E-state index in [4.69, 9.17) is 5.73 Å². The van der Waals surface area contributed by atoms with Crippen molar-refractivity contribution in [1.29, 1.82) is 0 Å². The van der Waals surface area contributed by atoms with E-state index >= 15 is 0 Å². The van der Waals surface area contributed by atoms with Crippen LogP contribution in [0.25, 0.3) is 0 Å². The van der Waals surface area contributed by atoms with E-state index in [1.165, 1.54) is 11.3 Å². The van der Waals surface area contributed by atoms with Gasteiger partial charge in [0.15, 0.2) is 0 Å². The molecule has 0 saturated heterocycles. The molecule has 54 valence electrons. The van der Waals surface area contributed by atoms with Crippen LogP contribution in [0.1, 0.15) is 14.5 Å². The van der Waals surface area contributed by atoms with Gasteiger partial charge in [-0.05, 0) is 13.0 Å². The van der Waals surface area contributed by atoms with Crippen LogP contribution in [-0.4, -0.2) is 5.12 Å².